The molecule has 11 rings (SSSR count). The van der Waals surface area contributed by atoms with Crippen molar-refractivity contribution in [1.29, 1.82) is 0 Å². The van der Waals surface area contributed by atoms with E-state index in [1.165, 1.54) is 68.1 Å². The molecule has 7 atom stereocenters. The monoisotopic (exact) mass is 1240 g/mol. The van der Waals surface area contributed by atoms with E-state index >= 15 is 0 Å². The molecule has 0 spiro atoms. The number of rotatable bonds is 9. The van der Waals surface area contributed by atoms with Crippen LogP contribution in [0.5, 0.6) is 0 Å². The second-order valence-electron chi connectivity index (χ2n) is 20.0. The Morgan fingerprint density at radius 2 is 1.39 bits per heavy atom. The molecule has 5 aliphatic rings. The van der Waals surface area contributed by atoms with E-state index in [0.717, 1.165) is 29.1 Å². The third-order valence-electron chi connectivity index (χ3n) is 14.0. The third kappa shape index (κ3) is 12.4. The lowest BCUT2D eigenvalue weighted by atomic mass is 9.97. The second kappa shape index (κ2) is 24.7. The van der Waals surface area contributed by atoms with Gasteiger partial charge in [-0.05, 0) is 43.6 Å². The van der Waals surface area contributed by atoms with Gasteiger partial charge in [-0.3, -0.25) is 33.8 Å². The fourth-order valence-corrected chi connectivity index (χ4v) is 14.9. The Morgan fingerprint density at radius 1 is 0.735 bits per heavy atom. The van der Waals surface area contributed by atoms with Crippen LogP contribution in [-0.4, -0.2) is 143 Å². The number of allylic oxidation sites excluding steroid dienone is 3. The van der Waals surface area contributed by atoms with Crippen molar-refractivity contribution < 1.29 is 48.5 Å². The summed E-state index contributed by atoms with van der Waals surface area (Å²) < 4.78 is 5.88. The molecule has 0 radical (unpaired) electrons. The number of aliphatic imine (C=N–C) groups is 2. The molecular weight excluding hydrogens is 1190 g/mol. The number of fused-ring (bicyclic) bond motifs is 14. The summed E-state index contributed by atoms with van der Waals surface area (Å²) in [7, 11) is 1.47. The maximum absolute atomic E-state index is 14.2. The molecule has 6 aromatic heterocycles. The van der Waals surface area contributed by atoms with Gasteiger partial charge in [0.2, 0.25) is 17.7 Å². The van der Waals surface area contributed by atoms with Crippen molar-refractivity contribution in [3.8, 4) is 10.7 Å². The molecule has 0 aromatic carbocycles. The van der Waals surface area contributed by atoms with E-state index in [0.29, 0.717) is 91.2 Å². The number of aromatic nitrogens is 6. The van der Waals surface area contributed by atoms with E-state index in [4.69, 9.17) is 29.7 Å². The molecule has 7 N–H and O–H groups in total. The van der Waals surface area contributed by atoms with Gasteiger partial charge in [-0.25, -0.2) is 39.7 Å². The number of dihydropyridines is 1. The van der Waals surface area contributed by atoms with E-state index < -0.39 is 90.3 Å². The molecule has 30 heteroatoms. The van der Waals surface area contributed by atoms with Gasteiger partial charge in [-0.15, -0.1) is 68.0 Å². The normalized spacial score (nSPS) is 22.7. The van der Waals surface area contributed by atoms with Gasteiger partial charge >= 0.3 is 5.97 Å². The van der Waals surface area contributed by atoms with Gasteiger partial charge in [0.15, 0.2) is 6.04 Å². The van der Waals surface area contributed by atoms with E-state index in [-0.39, 0.29) is 46.9 Å². The smallest absolute Gasteiger partial charge is 0.326 e. The number of nitrogens with zero attached hydrogens (tertiary/aromatic N) is 9. The average Bonchev–Trinajstić information content (AvgIpc) is 4.43. The summed E-state index contributed by atoms with van der Waals surface area (Å²) in [6, 6.07) is -5.02. The van der Waals surface area contributed by atoms with E-state index in [9.17, 15) is 43.8 Å². The molecule has 10 bridgehead atoms. The molecule has 83 heavy (non-hydrogen) atoms. The number of ether oxygens (including phenoxy) is 1. The Morgan fingerprint density at radius 3 is 2.16 bits per heavy atom. The van der Waals surface area contributed by atoms with Crippen molar-refractivity contribution in [3.63, 3.8) is 0 Å². The average molecular weight is 1240 g/mol. The standard InChI is InChI=1S/C53H52N14O10S6/c1-23(2)38-50-62-30(18-82-50)42(71)55-15-37(69)65-40(41(70)24-8-5-4-6-9-24)51-64-34(22-83-51)49-59-29(17-79-49)39-25(46-60-31(19-78-46)43(72)57-27(14-36(68)54-3)48-61-32(20-80-48)44(73)66-38)11-12-26(56-39)47-63-33(21-81-47)45-58-28(16-77-45)52(74)67-13-7-10-35(67)53(75)76/h5,8-9,11,17-23,26-28,35,38,40-41,70H,4,6-7,10,12-16H2,1-3H3,(H,54,68)(H,55,71)(H,57,72)(H,65,69)(H,66,73)(H,75,76)/t26?,27-,28+,35+,38+,40+,41+/m1/s1. The van der Waals surface area contributed by atoms with E-state index in [2.05, 4.69) is 41.5 Å². The van der Waals surface area contributed by atoms with Crippen LogP contribution in [0.1, 0.15) is 144 Å². The molecule has 10 heterocycles. The lowest BCUT2D eigenvalue weighted by Gasteiger charge is -2.24. The van der Waals surface area contributed by atoms with Gasteiger partial charge in [-0.1, -0.05) is 38.2 Å². The lowest BCUT2D eigenvalue weighted by molar-refractivity contribution is -0.148. The van der Waals surface area contributed by atoms with Crippen LogP contribution in [0, 0.1) is 5.92 Å². The summed E-state index contributed by atoms with van der Waals surface area (Å²) in [5.41, 5.74) is 3.00. The molecule has 1 aliphatic carbocycles. The van der Waals surface area contributed by atoms with E-state index in [1.807, 2.05) is 43.5 Å². The number of hydrogen-bond donors (Lipinski definition) is 7. The third-order valence-corrected chi connectivity index (χ3v) is 19.5. The number of carbonyl (C=O) groups excluding carboxylic acids is 6. The van der Waals surface area contributed by atoms with Crippen molar-refractivity contribution in [2.45, 2.75) is 94.7 Å². The predicted molar refractivity (Wildman–Crippen MR) is 312 cm³/mol. The Bertz CT molecular complexity index is 3700. The van der Waals surface area contributed by atoms with Crippen molar-refractivity contribution in [2.24, 2.45) is 15.9 Å². The van der Waals surface area contributed by atoms with Gasteiger partial charge in [-0.2, -0.15) is 0 Å². The number of carboxylic acids is 1. The maximum Gasteiger partial charge on any atom is 0.326 e. The summed E-state index contributed by atoms with van der Waals surface area (Å²) in [4.78, 5) is 133. The zero-order chi connectivity index (χ0) is 58.1. The van der Waals surface area contributed by atoms with Crippen molar-refractivity contribution in [1.82, 2.24) is 61.4 Å². The number of carbonyl (C=O) groups is 7. The topological polar surface area (TPSA) is 335 Å². The molecule has 4 aliphatic heterocycles. The highest BCUT2D eigenvalue weighted by Crippen LogP contribution is 2.39. The number of likely N-dealkylation sites (tertiary alicyclic amines) is 1. The number of carboxylic acid groups (broad SMARTS) is 1. The highest BCUT2D eigenvalue weighted by atomic mass is 32.1. The van der Waals surface area contributed by atoms with Crippen LogP contribution >= 0.6 is 68.0 Å². The minimum Gasteiger partial charge on any atom is -0.480 e. The van der Waals surface area contributed by atoms with Crippen molar-refractivity contribution in [2.75, 3.05) is 26.7 Å². The lowest BCUT2D eigenvalue weighted by Crippen LogP contribution is -2.45. The SMILES string of the molecule is CNC(=O)C[C@H]1NC(=O)c2csc(n2)C2=CCC(c3nc(C4=N[C@H](C(=O)N5CCC[C@H]5C(=O)O)CO4)cs3)N=C2c2csc(n2)-c2csc(n2)[C@H]([C@@H](O)C2=CCCC=C2)NC(=O)CNC(=O)c2csc(n2)[C@H](C(C)C)NC(=O)c2csc1n2. The first-order chi connectivity index (χ1) is 40.1. The zero-order valence-corrected chi connectivity index (χ0v) is 49.3. The van der Waals surface area contributed by atoms with Crippen molar-refractivity contribution in [3.05, 3.63) is 116 Å². The number of thiazole rings is 6. The maximum atomic E-state index is 14.2. The zero-order valence-electron chi connectivity index (χ0n) is 44.4. The number of aliphatic hydroxyl groups is 1. The van der Waals surface area contributed by atoms with Gasteiger partial charge in [0.05, 0.1) is 30.8 Å². The molecular formula is C53H52N14O10S6. The molecule has 24 nitrogen and oxygen atoms in total. The van der Waals surface area contributed by atoms with E-state index in [1.54, 1.807) is 16.1 Å². The predicted octanol–water partition coefficient (Wildman–Crippen LogP) is 5.60. The number of amides is 6. The van der Waals surface area contributed by atoms with Crippen LogP contribution in [0.15, 0.2) is 72.1 Å². The van der Waals surface area contributed by atoms with Gasteiger partial charge < -0.3 is 46.4 Å². The molecule has 1 unspecified atom stereocenters. The molecule has 6 aromatic rings. The first kappa shape index (κ1) is 57.2. The first-order valence-electron chi connectivity index (χ1n) is 26.3. The number of aliphatic hydroxyl groups excluding tert-OH is 1. The fraction of sp³-hybridized carbons (Fsp3) is 0.377. The van der Waals surface area contributed by atoms with Crippen molar-refractivity contribution >= 4 is 127 Å². The van der Waals surface area contributed by atoms with Crippen LogP contribution in [0.4, 0.5) is 0 Å². The minimum atomic E-state index is -1.21. The van der Waals surface area contributed by atoms with Crippen LogP contribution in [0.25, 0.3) is 16.3 Å². The Labute approximate surface area is 497 Å². The fourth-order valence-electron chi connectivity index (χ4n) is 9.67. The van der Waals surface area contributed by atoms with Gasteiger partial charge in [0.25, 0.3) is 23.6 Å². The number of nitrogens with one attached hydrogen (secondary N) is 5. The quantitative estimate of drug-likeness (QED) is 0.0926. The molecule has 1 fully saturated rings. The first-order valence-corrected chi connectivity index (χ1v) is 31.6. The summed E-state index contributed by atoms with van der Waals surface area (Å²) in [5.74, 6) is -4.29. The summed E-state index contributed by atoms with van der Waals surface area (Å²) in [5, 5.41) is 48.2. The summed E-state index contributed by atoms with van der Waals surface area (Å²) >= 11 is 7.27. The second-order valence-corrected chi connectivity index (χ2v) is 25.2. The Balaban J connectivity index is 0.934. The number of aliphatic carboxylic acids is 1. The Kier molecular flexibility index (Phi) is 17.0. The molecule has 0 saturated carbocycles. The number of hydrogen-bond acceptors (Lipinski definition) is 23. The minimum absolute atomic E-state index is 0.0282. The van der Waals surface area contributed by atoms with Crippen LogP contribution in [0.3, 0.4) is 0 Å². The molecule has 6 amide bonds. The highest BCUT2D eigenvalue weighted by molar-refractivity contribution is 7.14. The Hall–Kier alpha value is -7.61. The van der Waals surface area contributed by atoms with Crippen LogP contribution < -0.4 is 26.6 Å². The summed E-state index contributed by atoms with van der Waals surface area (Å²) in [6.45, 7) is 3.57. The summed E-state index contributed by atoms with van der Waals surface area (Å²) in [6.07, 6.45) is 8.98. The van der Waals surface area contributed by atoms with Crippen LogP contribution in [-0.2, 0) is 23.9 Å². The van der Waals surface area contributed by atoms with Gasteiger partial charge in [0, 0.05) is 51.4 Å². The molecule has 1 saturated heterocycles. The van der Waals surface area contributed by atoms with Crippen LogP contribution in [0.2, 0.25) is 0 Å². The largest absolute Gasteiger partial charge is 0.480 e. The molecule has 430 valence electrons. The highest BCUT2D eigenvalue weighted by Gasteiger charge is 2.40. The van der Waals surface area contributed by atoms with Gasteiger partial charge in [0.1, 0.15) is 95.0 Å².